The smallest absolute Gasteiger partial charge is 0.352 e. The van der Waals surface area contributed by atoms with Gasteiger partial charge in [0.1, 0.15) is 10.6 Å². The minimum absolute atomic E-state index is 0.0130. The second kappa shape index (κ2) is 5.51. The molecule has 8 heteroatoms. The van der Waals surface area contributed by atoms with Crippen molar-refractivity contribution in [1.29, 1.82) is 0 Å². The summed E-state index contributed by atoms with van der Waals surface area (Å²) in [6.07, 6.45) is 1.30. The molecule has 0 aliphatic heterocycles. The van der Waals surface area contributed by atoms with Gasteiger partial charge in [0.05, 0.1) is 0 Å². The molecule has 0 aliphatic carbocycles. The topological polar surface area (TPSA) is 91.6 Å². The standard InChI is InChI=1S/C10H17N3O4S/c1-11-4-5-13(3)18(16,17)8-6-9(10(14)15)12(2)7-8/h6-7,11H,4-5H2,1-3H3,(H,14,15). The van der Waals surface area contributed by atoms with E-state index >= 15 is 0 Å². The van der Waals surface area contributed by atoms with Crippen LogP contribution in [0.2, 0.25) is 0 Å². The number of aryl methyl sites for hydroxylation is 1. The molecule has 0 bridgehead atoms. The van der Waals surface area contributed by atoms with Crippen molar-refractivity contribution in [3.63, 3.8) is 0 Å². The van der Waals surface area contributed by atoms with E-state index in [4.69, 9.17) is 5.11 Å². The van der Waals surface area contributed by atoms with Gasteiger partial charge in [-0.05, 0) is 13.1 Å². The Morgan fingerprint density at radius 3 is 2.61 bits per heavy atom. The van der Waals surface area contributed by atoms with Crippen LogP contribution in [0.15, 0.2) is 17.2 Å². The third kappa shape index (κ3) is 2.89. The largest absolute Gasteiger partial charge is 0.477 e. The summed E-state index contributed by atoms with van der Waals surface area (Å²) in [5, 5.41) is 11.7. The first-order valence-electron chi connectivity index (χ1n) is 5.31. The minimum atomic E-state index is -3.64. The highest BCUT2D eigenvalue weighted by molar-refractivity contribution is 7.89. The van der Waals surface area contributed by atoms with Crippen LogP contribution in [0.4, 0.5) is 0 Å². The van der Waals surface area contributed by atoms with Crippen molar-refractivity contribution in [3.05, 3.63) is 18.0 Å². The maximum atomic E-state index is 12.1. The van der Waals surface area contributed by atoms with Crippen molar-refractivity contribution in [2.75, 3.05) is 27.2 Å². The predicted octanol–water partition coefficient (Wildman–Crippen LogP) is -0.437. The van der Waals surface area contributed by atoms with E-state index in [1.165, 1.54) is 29.2 Å². The number of hydrogen-bond donors (Lipinski definition) is 2. The molecular formula is C10H17N3O4S. The fourth-order valence-electron chi connectivity index (χ4n) is 1.46. The zero-order valence-electron chi connectivity index (χ0n) is 10.5. The Hall–Kier alpha value is -1.38. The third-order valence-electron chi connectivity index (χ3n) is 2.58. The van der Waals surface area contributed by atoms with Gasteiger partial charge in [-0.3, -0.25) is 0 Å². The number of likely N-dealkylation sites (N-methyl/N-ethyl adjacent to an activating group) is 2. The summed E-state index contributed by atoms with van der Waals surface area (Å²) in [5.74, 6) is -1.16. The van der Waals surface area contributed by atoms with Crippen LogP contribution >= 0.6 is 0 Å². The van der Waals surface area contributed by atoms with E-state index < -0.39 is 16.0 Å². The zero-order chi connectivity index (χ0) is 13.9. The number of rotatable bonds is 6. The van der Waals surface area contributed by atoms with Crippen LogP contribution in [0.5, 0.6) is 0 Å². The molecule has 0 atom stereocenters. The lowest BCUT2D eigenvalue weighted by Crippen LogP contribution is -2.32. The van der Waals surface area contributed by atoms with Crippen LogP contribution < -0.4 is 5.32 Å². The van der Waals surface area contributed by atoms with Crippen LogP contribution in [0, 0.1) is 0 Å². The lowest BCUT2D eigenvalue weighted by atomic mass is 10.4. The average Bonchev–Trinajstić information content (AvgIpc) is 2.68. The van der Waals surface area contributed by atoms with Crippen molar-refractivity contribution >= 4 is 16.0 Å². The lowest BCUT2D eigenvalue weighted by molar-refractivity contribution is 0.0686. The van der Waals surface area contributed by atoms with Gasteiger partial charge in [0, 0.05) is 33.4 Å². The Kier molecular flexibility index (Phi) is 4.49. The number of aromatic nitrogens is 1. The van der Waals surface area contributed by atoms with Gasteiger partial charge >= 0.3 is 5.97 Å². The number of aromatic carboxylic acids is 1. The van der Waals surface area contributed by atoms with Gasteiger partial charge in [-0.25, -0.2) is 13.2 Å². The number of nitrogens with zero attached hydrogens (tertiary/aromatic N) is 2. The highest BCUT2D eigenvalue weighted by Crippen LogP contribution is 2.17. The van der Waals surface area contributed by atoms with Crippen molar-refractivity contribution in [3.8, 4) is 0 Å². The van der Waals surface area contributed by atoms with E-state index in [0.29, 0.717) is 13.1 Å². The Morgan fingerprint density at radius 1 is 1.56 bits per heavy atom. The SMILES string of the molecule is CNCCN(C)S(=O)(=O)c1cc(C(=O)O)n(C)c1. The number of carboxylic acid groups (broad SMARTS) is 1. The first kappa shape index (κ1) is 14.7. The summed E-state index contributed by atoms with van der Waals surface area (Å²) < 4.78 is 26.7. The van der Waals surface area contributed by atoms with Crippen LogP contribution in [0.1, 0.15) is 10.5 Å². The first-order valence-corrected chi connectivity index (χ1v) is 6.75. The van der Waals surface area contributed by atoms with Gasteiger partial charge in [0.2, 0.25) is 10.0 Å². The quantitative estimate of drug-likeness (QED) is 0.734. The maximum absolute atomic E-state index is 12.1. The van der Waals surface area contributed by atoms with Crippen LogP contribution in [0.3, 0.4) is 0 Å². The molecule has 0 radical (unpaired) electrons. The monoisotopic (exact) mass is 275 g/mol. The highest BCUT2D eigenvalue weighted by Gasteiger charge is 2.24. The molecule has 0 saturated heterocycles. The average molecular weight is 275 g/mol. The van der Waals surface area contributed by atoms with Crippen LogP contribution in [-0.4, -0.2) is 55.6 Å². The van der Waals surface area contributed by atoms with E-state index in [0.717, 1.165) is 6.07 Å². The van der Waals surface area contributed by atoms with Gasteiger partial charge in [0.25, 0.3) is 0 Å². The molecule has 0 spiro atoms. The number of sulfonamides is 1. The van der Waals surface area contributed by atoms with Gasteiger partial charge in [0.15, 0.2) is 0 Å². The van der Waals surface area contributed by atoms with Crippen LogP contribution in [-0.2, 0) is 17.1 Å². The number of hydrogen-bond acceptors (Lipinski definition) is 4. The Bertz CT molecular complexity index is 535. The second-order valence-electron chi connectivity index (χ2n) is 3.91. The lowest BCUT2D eigenvalue weighted by Gasteiger charge is -2.15. The minimum Gasteiger partial charge on any atom is -0.477 e. The van der Waals surface area contributed by atoms with Gasteiger partial charge in [-0.2, -0.15) is 4.31 Å². The molecule has 18 heavy (non-hydrogen) atoms. The van der Waals surface area contributed by atoms with Gasteiger partial charge in [-0.1, -0.05) is 0 Å². The highest BCUT2D eigenvalue weighted by atomic mass is 32.2. The summed E-state index contributed by atoms with van der Waals surface area (Å²) in [4.78, 5) is 10.9. The molecule has 1 aromatic rings. The van der Waals surface area contributed by atoms with Crippen molar-refractivity contribution in [1.82, 2.24) is 14.2 Å². The van der Waals surface area contributed by atoms with E-state index in [1.807, 2.05) is 0 Å². The molecule has 0 aromatic carbocycles. The Balaban J connectivity index is 3.05. The molecule has 102 valence electrons. The van der Waals surface area contributed by atoms with E-state index in [9.17, 15) is 13.2 Å². The van der Waals surface area contributed by atoms with E-state index in [1.54, 1.807) is 7.05 Å². The van der Waals surface area contributed by atoms with E-state index in [2.05, 4.69) is 5.32 Å². The van der Waals surface area contributed by atoms with E-state index in [-0.39, 0.29) is 10.6 Å². The molecule has 0 fully saturated rings. The number of carbonyl (C=O) groups is 1. The summed E-state index contributed by atoms with van der Waals surface area (Å²) in [7, 11) is 1.04. The zero-order valence-corrected chi connectivity index (χ0v) is 11.4. The second-order valence-corrected chi connectivity index (χ2v) is 5.95. The summed E-state index contributed by atoms with van der Waals surface area (Å²) in [6.45, 7) is 0.838. The molecule has 0 amide bonds. The molecule has 1 heterocycles. The Labute approximate surface area is 106 Å². The molecular weight excluding hydrogens is 258 g/mol. The maximum Gasteiger partial charge on any atom is 0.352 e. The van der Waals surface area contributed by atoms with Crippen molar-refractivity contribution in [2.45, 2.75) is 4.90 Å². The Morgan fingerprint density at radius 2 is 2.17 bits per heavy atom. The molecule has 0 saturated carbocycles. The van der Waals surface area contributed by atoms with Crippen molar-refractivity contribution in [2.24, 2.45) is 7.05 Å². The molecule has 7 nitrogen and oxygen atoms in total. The number of nitrogens with one attached hydrogen (secondary N) is 1. The third-order valence-corrected chi connectivity index (χ3v) is 4.41. The first-order chi connectivity index (χ1) is 8.30. The van der Waals surface area contributed by atoms with Crippen molar-refractivity contribution < 1.29 is 18.3 Å². The molecule has 0 aliphatic rings. The van der Waals surface area contributed by atoms with Gasteiger partial charge < -0.3 is 15.0 Å². The normalized spacial score (nSPS) is 12.0. The summed E-state index contributed by atoms with van der Waals surface area (Å²) >= 11 is 0. The fraction of sp³-hybridized carbons (Fsp3) is 0.500. The van der Waals surface area contributed by atoms with Gasteiger partial charge in [-0.15, -0.1) is 0 Å². The summed E-state index contributed by atoms with van der Waals surface area (Å²) in [6, 6.07) is 1.16. The molecule has 0 unspecified atom stereocenters. The van der Waals surface area contributed by atoms with Crippen LogP contribution in [0.25, 0.3) is 0 Å². The number of carboxylic acids is 1. The predicted molar refractivity (Wildman–Crippen MR) is 66.1 cm³/mol. The molecule has 1 rings (SSSR count). The molecule has 2 N–H and O–H groups in total. The fourth-order valence-corrected chi connectivity index (χ4v) is 2.70. The summed E-state index contributed by atoms with van der Waals surface area (Å²) in [5.41, 5.74) is -0.0596. The molecule has 1 aromatic heterocycles.